The van der Waals surface area contributed by atoms with E-state index in [1.54, 1.807) is 11.3 Å². The second kappa shape index (κ2) is 8.78. The minimum atomic E-state index is 0.0386. The zero-order chi connectivity index (χ0) is 22.2. The predicted molar refractivity (Wildman–Crippen MR) is 127 cm³/mol. The quantitative estimate of drug-likeness (QED) is 0.425. The Bertz CT molecular complexity index is 1180. The average Bonchev–Trinajstić information content (AvgIpc) is 3.39. The maximum atomic E-state index is 12.9. The van der Waals surface area contributed by atoms with Crippen LogP contribution in [0, 0.1) is 5.92 Å². The van der Waals surface area contributed by atoms with Crippen LogP contribution in [0.4, 0.5) is 5.82 Å². The van der Waals surface area contributed by atoms with Crippen LogP contribution < -0.4 is 15.2 Å². The molecule has 7 nitrogen and oxygen atoms in total. The number of carbonyl (C=O) groups excluding carboxylic acids is 1. The first-order chi connectivity index (χ1) is 15.5. The molecule has 2 aromatic heterocycles. The van der Waals surface area contributed by atoms with Crippen LogP contribution in [-0.2, 0) is 24.2 Å². The number of hydrogen-bond acceptors (Lipinski definition) is 8. The van der Waals surface area contributed by atoms with E-state index in [0.717, 1.165) is 40.1 Å². The highest BCUT2D eigenvalue weighted by Crippen LogP contribution is 2.40. The van der Waals surface area contributed by atoms with Gasteiger partial charge in [0, 0.05) is 18.0 Å². The third kappa shape index (κ3) is 4.11. The summed E-state index contributed by atoms with van der Waals surface area (Å²) in [5, 5.41) is 1.58. The zero-order valence-corrected chi connectivity index (χ0v) is 19.9. The van der Waals surface area contributed by atoms with Gasteiger partial charge in [0.1, 0.15) is 10.6 Å². The van der Waals surface area contributed by atoms with Crippen LogP contribution in [-0.4, -0.2) is 39.9 Å². The van der Waals surface area contributed by atoms with E-state index in [1.807, 2.05) is 30.0 Å². The van der Waals surface area contributed by atoms with E-state index >= 15 is 0 Å². The minimum Gasteiger partial charge on any atom is -0.454 e. The van der Waals surface area contributed by atoms with Crippen LogP contribution in [0.15, 0.2) is 23.4 Å². The summed E-state index contributed by atoms with van der Waals surface area (Å²) < 4.78 is 10.8. The number of aromatic nitrogens is 2. The molecule has 0 bridgehead atoms. The summed E-state index contributed by atoms with van der Waals surface area (Å²) in [5.41, 5.74) is 8.66. The molecule has 0 saturated heterocycles. The molecule has 168 valence electrons. The second-order valence-electron chi connectivity index (χ2n) is 8.31. The summed E-state index contributed by atoms with van der Waals surface area (Å²) in [7, 11) is 0. The summed E-state index contributed by atoms with van der Waals surface area (Å²) >= 11 is 3.07. The van der Waals surface area contributed by atoms with Crippen molar-refractivity contribution in [3.63, 3.8) is 0 Å². The molecule has 1 aliphatic carbocycles. The van der Waals surface area contributed by atoms with Gasteiger partial charge in [0.15, 0.2) is 16.7 Å². The molecule has 0 fully saturated rings. The summed E-state index contributed by atoms with van der Waals surface area (Å²) in [5.74, 6) is 3.01. The molecule has 1 atom stereocenters. The number of nitrogens with two attached hydrogens (primary N) is 1. The van der Waals surface area contributed by atoms with Gasteiger partial charge < -0.3 is 20.1 Å². The van der Waals surface area contributed by atoms with Gasteiger partial charge >= 0.3 is 0 Å². The van der Waals surface area contributed by atoms with Gasteiger partial charge in [-0.25, -0.2) is 9.97 Å². The van der Waals surface area contributed by atoms with Crippen LogP contribution in [0.3, 0.4) is 0 Å². The van der Waals surface area contributed by atoms with Crippen molar-refractivity contribution in [3.05, 3.63) is 34.2 Å². The molecule has 2 aliphatic rings. The van der Waals surface area contributed by atoms with Crippen LogP contribution in [0.25, 0.3) is 10.2 Å². The first kappa shape index (κ1) is 21.3. The maximum Gasteiger partial charge on any atom is 0.233 e. The third-order valence-electron chi connectivity index (χ3n) is 6.03. The topological polar surface area (TPSA) is 90.6 Å². The van der Waals surface area contributed by atoms with E-state index < -0.39 is 0 Å². The lowest BCUT2D eigenvalue weighted by atomic mass is 9.89. The molecule has 9 heteroatoms. The second-order valence-corrected chi connectivity index (χ2v) is 10.3. The number of thioether (sulfide) groups is 1. The highest BCUT2D eigenvalue weighted by molar-refractivity contribution is 7.99. The number of carbonyl (C=O) groups is 1. The van der Waals surface area contributed by atoms with E-state index in [9.17, 15) is 4.79 Å². The Hall–Kier alpha value is -2.52. The fourth-order valence-corrected chi connectivity index (χ4v) is 6.47. The van der Waals surface area contributed by atoms with Crippen molar-refractivity contribution in [1.29, 1.82) is 0 Å². The third-order valence-corrected chi connectivity index (χ3v) is 8.01. The van der Waals surface area contributed by atoms with Gasteiger partial charge in [0.25, 0.3) is 0 Å². The molecule has 1 unspecified atom stereocenters. The Labute approximate surface area is 195 Å². The van der Waals surface area contributed by atoms with Gasteiger partial charge in [0.2, 0.25) is 12.7 Å². The maximum absolute atomic E-state index is 12.9. The molecule has 0 radical (unpaired) electrons. The van der Waals surface area contributed by atoms with Crippen LogP contribution in [0.2, 0.25) is 0 Å². The van der Waals surface area contributed by atoms with Crippen LogP contribution in [0.5, 0.6) is 11.5 Å². The minimum absolute atomic E-state index is 0.0386. The average molecular weight is 471 g/mol. The lowest BCUT2D eigenvalue weighted by molar-refractivity contribution is -0.128. The van der Waals surface area contributed by atoms with Crippen molar-refractivity contribution in [3.8, 4) is 11.5 Å². The monoisotopic (exact) mass is 470 g/mol. The normalized spacial score (nSPS) is 16.9. The highest BCUT2D eigenvalue weighted by Gasteiger charge is 2.24. The van der Waals surface area contributed by atoms with Gasteiger partial charge in [-0.1, -0.05) is 24.8 Å². The Kier molecular flexibility index (Phi) is 5.86. The molecule has 0 saturated carbocycles. The summed E-state index contributed by atoms with van der Waals surface area (Å²) in [6.07, 6.45) is 3.31. The number of aryl methyl sites for hydroxylation is 1. The van der Waals surface area contributed by atoms with Crippen molar-refractivity contribution < 1.29 is 14.3 Å². The molecule has 2 N–H and O–H groups in total. The van der Waals surface area contributed by atoms with Crippen LogP contribution in [0.1, 0.15) is 36.3 Å². The lowest BCUT2D eigenvalue weighted by Gasteiger charge is -2.21. The van der Waals surface area contributed by atoms with Gasteiger partial charge in [-0.15, -0.1) is 11.3 Å². The number of hydrogen-bond donors (Lipinski definition) is 1. The molecule has 0 spiro atoms. The van der Waals surface area contributed by atoms with E-state index in [4.69, 9.17) is 20.2 Å². The summed E-state index contributed by atoms with van der Waals surface area (Å²) in [6, 6.07) is 5.79. The molecule has 5 rings (SSSR count). The van der Waals surface area contributed by atoms with Gasteiger partial charge in [0.05, 0.1) is 11.1 Å². The number of nitrogen functional groups attached to an aromatic ring is 1. The number of amides is 1. The van der Waals surface area contributed by atoms with Gasteiger partial charge in [-0.05, 0) is 55.4 Å². The molecular weight excluding hydrogens is 444 g/mol. The van der Waals surface area contributed by atoms with Crippen molar-refractivity contribution in [2.75, 3.05) is 24.8 Å². The smallest absolute Gasteiger partial charge is 0.233 e. The molecular formula is C23H26N4O3S2. The van der Waals surface area contributed by atoms with E-state index in [0.29, 0.717) is 30.0 Å². The molecule has 1 aromatic carbocycles. The molecule has 3 aromatic rings. The molecule has 32 heavy (non-hydrogen) atoms. The zero-order valence-electron chi connectivity index (χ0n) is 18.2. The van der Waals surface area contributed by atoms with Crippen molar-refractivity contribution in [2.45, 2.75) is 44.8 Å². The Morgan fingerprint density at radius 2 is 2.16 bits per heavy atom. The summed E-state index contributed by atoms with van der Waals surface area (Å²) in [4.78, 5) is 26.3. The lowest BCUT2D eigenvalue weighted by Crippen LogP contribution is -2.31. The predicted octanol–water partition coefficient (Wildman–Crippen LogP) is 4.27. The molecule has 1 aliphatic heterocycles. The Balaban J connectivity index is 1.27. The number of ether oxygens (including phenoxy) is 2. The number of thiophene rings is 1. The number of nitrogens with zero attached hydrogens (tertiary/aromatic N) is 3. The number of benzene rings is 1. The Morgan fingerprint density at radius 3 is 3.00 bits per heavy atom. The SMILES string of the molecule is CCN(Cc1ccc2c(c1)OCO2)C(=O)CSc1nc(N)c2c3c(sc2n1)CC(C)CC3. The Morgan fingerprint density at radius 1 is 1.31 bits per heavy atom. The molecule has 3 heterocycles. The number of anilines is 1. The molecule has 1 amide bonds. The van der Waals surface area contributed by atoms with Gasteiger partial charge in [-0.3, -0.25) is 4.79 Å². The number of rotatable bonds is 6. The first-order valence-electron chi connectivity index (χ1n) is 10.9. The first-order valence-corrected chi connectivity index (χ1v) is 12.7. The highest BCUT2D eigenvalue weighted by atomic mass is 32.2. The van der Waals surface area contributed by atoms with E-state index in [1.165, 1.54) is 28.6 Å². The van der Waals surface area contributed by atoms with Crippen molar-refractivity contribution >= 4 is 45.0 Å². The number of fused-ring (bicyclic) bond motifs is 4. The fraction of sp³-hybridized carbons (Fsp3) is 0.435. The van der Waals surface area contributed by atoms with Gasteiger partial charge in [-0.2, -0.15) is 0 Å². The van der Waals surface area contributed by atoms with E-state index in [2.05, 4.69) is 11.9 Å². The van der Waals surface area contributed by atoms with E-state index in [-0.39, 0.29) is 18.5 Å². The van der Waals surface area contributed by atoms with Crippen molar-refractivity contribution in [2.24, 2.45) is 5.92 Å². The standard InChI is InChI=1S/C23H26N4O3S2/c1-3-27(10-14-5-7-16-17(9-14)30-12-29-16)19(28)11-31-23-25-21(24)20-15-6-4-13(2)8-18(15)32-22(20)26-23/h5,7,9,13H,3-4,6,8,10-12H2,1-2H3,(H2,24,25,26). The fourth-order valence-electron chi connectivity index (χ4n) is 4.27. The van der Waals surface area contributed by atoms with Crippen LogP contribution >= 0.6 is 23.1 Å². The largest absolute Gasteiger partial charge is 0.454 e. The van der Waals surface area contributed by atoms with Crippen molar-refractivity contribution in [1.82, 2.24) is 14.9 Å². The summed E-state index contributed by atoms with van der Waals surface area (Å²) in [6.45, 7) is 5.65.